The summed E-state index contributed by atoms with van der Waals surface area (Å²) in [4.78, 5) is 15.8. The van der Waals surface area contributed by atoms with Crippen molar-refractivity contribution in [3.63, 3.8) is 0 Å². The van der Waals surface area contributed by atoms with Gasteiger partial charge in [-0.3, -0.25) is 4.79 Å². The number of nitrogens with two attached hydrogens (primary N) is 1. The minimum atomic E-state index is -0.550. The van der Waals surface area contributed by atoms with Crippen molar-refractivity contribution < 1.29 is 9.18 Å². The molecular formula is C21H15ClFN7O. The second-order valence-electron chi connectivity index (χ2n) is 6.44. The van der Waals surface area contributed by atoms with Crippen LogP contribution < -0.4 is 11.1 Å². The molecule has 0 aliphatic heterocycles. The van der Waals surface area contributed by atoms with Crippen LogP contribution in [0.2, 0.25) is 5.02 Å². The molecular weight excluding hydrogens is 421 g/mol. The normalized spacial score (nSPS) is 10.6. The fourth-order valence-corrected chi connectivity index (χ4v) is 3.11. The monoisotopic (exact) mass is 435 g/mol. The lowest BCUT2D eigenvalue weighted by molar-refractivity contribution is -0.111. The Bertz CT molecular complexity index is 1300. The maximum atomic E-state index is 14.4. The molecule has 2 heterocycles. The third-order valence-electron chi connectivity index (χ3n) is 4.41. The minimum absolute atomic E-state index is 0.0754. The number of hydrogen-bond acceptors (Lipinski definition) is 6. The van der Waals surface area contributed by atoms with Gasteiger partial charge in [-0.15, -0.1) is 5.10 Å². The van der Waals surface area contributed by atoms with Gasteiger partial charge in [0.25, 0.3) is 0 Å². The molecule has 0 unspecified atom stereocenters. The molecule has 0 radical (unpaired) electrons. The maximum absolute atomic E-state index is 14.4. The summed E-state index contributed by atoms with van der Waals surface area (Å²) < 4.78 is 15.6. The summed E-state index contributed by atoms with van der Waals surface area (Å²) in [6, 6.07) is 13.0. The van der Waals surface area contributed by atoms with Gasteiger partial charge in [-0.2, -0.15) is 4.68 Å². The molecule has 154 valence electrons. The maximum Gasteiger partial charge on any atom is 0.247 e. The van der Waals surface area contributed by atoms with Crippen LogP contribution in [0.1, 0.15) is 0 Å². The zero-order valence-electron chi connectivity index (χ0n) is 16.0. The fraction of sp³-hybridized carbons (Fsp3) is 0. The molecule has 0 fully saturated rings. The molecule has 2 aromatic heterocycles. The molecule has 2 aromatic carbocycles. The molecule has 10 heteroatoms. The highest BCUT2D eigenvalue weighted by Gasteiger charge is 2.18. The van der Waals surface area contributed by atoms with E-state index in [4.69, 9.17) is 17.3 Å². The predicted octanol–water partition coefficient (Wildman–Crippen LogP) is 3.89. The van der Waals surface area contributed by atoms with Crippen LogP contribution >= 0.6 is 11.6 Å². The number of hydrogen-bond donors (Lipinski definition) is 2. The van der Waals surface area contributed by atoms with E-state index < -0.39 is 5.82 Å². The SMILES string of the molecule is C=CC(=O)Nc1cccc(-c2cnc(N)c(-c3nnnn3-c3cc(Cl)ccc3F)c2)c1. The van der Waals surface area contributed by atoms with Crippen molar-refractivity contribution in [2.75, 3.05) is 11.1 Å². The van der Waals surface area contributed by atoms with E-state index in [0.29, 0.717) is 21.8 Å². The van der Waals surface area contributed by atoms with Crippen LogP contribution in [0.15, 0.2) is 67.4 Å². The van der Waals surface area contributed by atoms with Crippen molar-refractivity contribution in [1.82, 2.24) is 25.2 Å². The standard InChI is InChI=1S/C21H15ClFN7O/c1-2-19(31)26-15-5-3-4-12(8-15)13-9-16(20(24)25-11-13)21-27-28-29-30(21)18-10-14(22)6-7-17(18)23/h2-11H,1H2,(H2,24,25)(H,26,31). The van der Waals surface area contributed by atoms with Gasteiger partial charge in [0.15, 0.2) is 5.82 Å². The van der Waals surface area contributed by atoms with Crippen LogP contribution in [0.5, 0.6) is 0 Å². The second-order valence-corrected chi connectivity index (χ2v) is 6.88. The summed E-state index contributed by atoms with van der Waals surface area (Å²) in [6.45, 7) is 3.44. The quantitative estimate of drug-likeness (QED) is 0.460. The number of aromatic nitrogens is 5. The number of benzene rings is 2. The number of halogens is 2. The third kappa shape index (κ3) is 4.12. The van der Waals surface area contributed by atoms with Crippen molar-refractivity contribution in [3.05, 3.63) is 78.2 Å². The van der Waals surface area contributed by atoms with Gasteiger partial charge in [-0.05, 0) is 58.5 Å². The highest BCUT2D eigenvalue weighted by atomic mass is 35.5. The summed E-state index contributed by atoms with van der Waals surface area (Å²) in [6.07, 6.45) is 2.77. The first-order valence-electron chi connectivity index (χ1n) is 9.00. The van der Waals surface area contributed by atoms with E-state index >= 15 is 0 Å². The number of carbonyl (C=O) groups is 1. The van der Waals surface area contributed by atoms with Crippen molar-refractivity contribution in [2.45, 2.75) is 0 Å². The molecule has 0 aliphatic rings. The molecule has 0 bridgehead atoms. The molecule has 4 aromatic rings. The van der Waals surface area contributed by atoms with Gasteiger partial charge in [0.1, 0.15) is 17.3 Å². The number of nitrogen functional groups attached to an aromatic ring is 1. The molecule has 3 N–H and O–H groups in total. The van der Waals surface area contributed by atoms with E-state index in [-0.39, 0.29) is 23.2 Å². The Kier molecular flexibility index (Phi) is 5.42. The Labute approximate surface area is 181 Å². The molecule has 0 aliphatic carbocycles. The molecule has 8 nitrogen and oxygen atoms in total. The first-order valence-corrected chi connectivity index (χ1v) is 9.37. The number of tetrazole rings is 1. The lowest BCUT2D eigenvalue weighted by atomic mass is 10.0. The number of anilines is 2. The number of nitrogens with zero attached hydrogens (tertiary/aromatic N) is 5. The number of nitrogens with one attached hydrogen (secondary N) is 1. The van der Waals surface area contributed by atoms with Gasteiger partial charge in [0.2, 0.25) is 5.91 Å². The molecule has 0 atom stereocenters. The summed E-state index contributed by atoms with van der Waals surface area (Å²) in [5, 5.41) is 14.6. The van der Waals surface area contributed by atoms with Crippen LogP contribution in [0.25, 0.3) is 28.2 Å². The molecule has 1 amide bonds. The van der Waals surface area contributed by atoms with E-state index in [9.17, 15) is 9.18 Å². The van der Waals surface area contributed by atoms with Gasteiger partial charge in [-0.25, -0.2) is 9.37 Å². The van der Waals surface area contributed by atoms with Gasteiger partial charge < -0.3 is 11.1 Å². The Morgan fingerprint density at radius 2 is 2.03 bits per heavy atom. The second kappa shape index (κ2) is 8.33. The summed E-state index contributed by atoms with van der Waals surface area (Å²) in [5.74, 6) is -0.509. The highest BCUT2D eigenvalue weighted by Crippen LogP contribution is 2.31. The van der Waals surface area contributed by atoms with Crippen LogP contribution in [-0.2, 0) is 4.79 Å². The molecule has 0 spiro atoms. The van der Waals surface area contributed by atoms with E-state index in [2.05, 4.69) is 32.4 Å². The van der Waals surface area contributed by atoms with Gasteiger partial charge in [0.05, 0.1) is 5.56 Å². The van der Waals surface area contributed by atoms with Crippen molar-refractivity contribution >= 4 is 29.0 Å². The molecule has 0 saturated carbocycles. The minimum Gasteiger partial charge on any atom is -0.383 e. The Hall–Kier alpha value is -4.11. The van der Waals surface area contributed by atoms with Gasteiger partial charge in [0, 0.05) is 22.5 Å². The summed E-state index contributed by atoms with van der Waals surface area (Å²) >= 11 is 6.01. The van der Waals surface area contributed by atoms with Crippen LogP contribution in [0.3, 0.4) is 0 Å². The highest BCUT2D eigenvalue weighted by molar-refractivity contribution is 6.30. The van der Waals surface area contributed by atoms with Crippen LogP contribution in [-0.4, -0.2) is 31.1 Å². The van der Waals surface area contributed by atoms with E-state index in [1.165, 1.54) is 29.0 Å². The van der Waals surface area contributed by atoms with E-state index in [0.717, 1.165) is 5.56 Å². The average molecular weight is 436 g/mol. The van der Waals surface area contributed by atoms with Crippen molar-refractivity contribution in [2.24, 2.45) is 0 Å². The lowest BCUT2D eigenvalue weighted by Crippen LogP contribution is -2.07. The van der Waals surface area contributed by atoms with Gasteiger partial charge in [-0.1, -0.05) is 30.3 Å². The lowest BCUT2D eigenvalue weighted by Gasteiger charge is -2.10. The van der Waals surface area contributed by atoms with Crippen molar-refractivity contribution in [3.8, 4) is 28.2 Å². The average Bonchev–Trinajstić information content (AvgIpc) is 3.25. The number of amides is 1. The van der Waals surface area contributed by atoms with Crippen molar-refractivity contribution in [1.29, 1.82) is 0 Å². The van der Waals surface area contributed by atoms with Gasteiger partial charge >= 0.3 is 0 Å². The summed E-state index contributed by atoms with van der Waals surface area (Å²) in [7, 11) is 0. The van der Waals surface area contributed by atoms with Crippen LogP contribution in [0, 0.1) is 5.82 Å². The largest absolute Gasteiger partial charge is 0.383 e. The van der Waals surface area contributed by atoms with Crippen LogP contribution in [0.4, 0.5) is 15.9 Å². The third-order valence-corrected chi connectivity index (χ3v) is 4.65. The first-order chi connectivity index (χ1) is 15.0. The zero-order valence-corrected chi connectivity index (χ0v) is 16.7. The predicted molar refractivity (Wildman–Crippen MR) is 116 cm³/mol. The number of pyridine rings is 1. The van der Waals surface area contributed by atoms with E-state index in [1.54, 1.807) is 30.5 Å². The number of carbonyl (C=O) groups excluding carboxylic acids is 1. The fourth-order valence-electron chi connectivity index (χ4n) is 2.95. The Morgan fingerprint density at radius 3 is 2.84 bits per heavy atom. The first kappa shape index (κ1) is 20.2. The zero-order chi connectivity index (χ0) is 22.0. The smallest absolute Gasteiger partial charge is 0.247 e. The number of rotatable bonds is 5. The molecule has 31 heavy (non-hydrogen) atoms. The molecule has 0 saturated heterocycles. The molecule has 4 rings (SSSR count). The van der Waals surface area contributed by atoms with E-state index in [1.807, 2.05) is 6.07 Å². The summed E-state index contributed by atoms with van der Waals surface area (Å²) in [5.41, 5.74) is 8.61. The topological polar surface area (TPSA) is 112 Å². The Morgan fingerprint density at radius 1 is 1.19 bits per heavy atom. The Balaban J connectivity index is 1.78.